The molecule has 0 aromatic rings. The Labute approximate surface area is 104 Å². The lowest BCUT2D eigenvalue weighted by molar-refractivity contribution is -0.0200. The molecule has 1 amide bonds. The minimum Gasteiger partial charge on any atom is -0.444 e. The summed E-state index contributed by atoms with van der Waals surface area (Å²) in [5, 5.41) is 3.03. The van der Waals surface area contributed by atoms with Crippen molar-refractivity contribution in [1.29, 1.82) is 0 Å². The molecule has 0 spiro atoms. The summed E-state index contributed by atoms with van der Waals surface area (Å²) < 4.78 is 5.30. The number of hydrogen-bond acceptors (Lipinski definition) is 3. The van der Waals surface area contributed by atoms with Crippen LogP contribution in [-0.2, 0) is 4.74 Å². The predicted molar refractivity (Wildman–Crippen MR) is 66.9 cm³/mol. The summed E-state index contributed by atoms with van der Waals surface area (Å²) in [5.41, 5.74) is -0.404. The van der Waals surface area contributed by atoms with Gasteiger partial charge in [-0.15, -0.1) is 0 Å². The maximum atomic E-state index is 11.7. The molecule has 0 radical (unpaired) electrons. The average molecular weight is 240 g/mol. The first kappa shape index (κ1) is 12.7. The van der Waals surface area contributed by atoms with E-state index < -0.39 is 5.60 Å². The van der Waals surface area contributed by atoms with E-state index in [1.807, 2.05) is 20.8 Å². The van der Waals surface area contributed by atoms with Gasteiger partial charge < -0.3 is 15.0 Å². The fourth-order valence-corrected chi connectivity index (χ4v) is 2.92. The number of hydrogen-bond donors (Lipinski definition) is 1. The van der Waals surface area contributed by atoms with Crippen molar-refractivity contribution in [2.24, 2.45) is 11.8 Å². The lowest BCUT2D eigenvalue weighted by Gasteiger charge is -2.53. The van der Waals surface area contributed by atoms with Crippen molar-refractivity contribution in [1.82, 2.24) is 10.2 Å². The zero-order chi connectivity index (χ0) is 12.6. The van der Waals surface area contributed by atoms with E-state index in [1.54, 1.807) is 0 Å². The summed E-state index contributed by atoms with van der Waals surface area (Å²) in [4.78, 5) is 14.2. The van der Waals surface area contributed by atoms with Crippen LogP contribution in [0, 0.1) is 11.8 Å². The maximum absolute atomic E-state index is 11.7. The van der Waals surface area contributed by atoms with Crippen LogP contribution in [0.5, 0.6) is 0 Å². The second-order valence-corrected chi connectivity index (χ2v) is 6.28. The summed E-state index contributed by atoms with van der Waals surface area (Å²) in [5.74, 6) is 1.25. The fourth-order valence-electron chi connectivity index (χ4n) is 2.92. The second-order valence-electron chi connectivity index (χ2n) is 6.28. The summed E-state index contributed by atoms with van der Waals surface area (Å²) in [6.07, 6.45) is 0.999. The number of carbonyl (C=O) groups excluding carboxylic acids is 1. The third kappa shape index (κ3) is 2.92. The van der Waals surface area contributed by atoms with Gasteiger partial charge in [0.05, 0.1) is 0 Å². The standard InChI is InChI=1S/C13H24N2O2/c1-5-15-7-9-6-10(8-15)11(9)14-12(16)17-13(2,3)4/h9-11H,5-8H2,1-4H3,(H,14,16). The van der Waals surface area contributed by atoms with E-state index in [9.17, 15) is 4.79 Å². The van der Waals surface area contributed by atoms with E-state index in [2.05, 4.69) is 17.1 Å². The van der Waals surface area contributed by atoms with Gasteiger partial charge in [-0.2, -0.15) is 0 Å². The number of carbonyl (C=O) groups is 1. The topological polar surface area (TPSA) is 41.6 Å². The van der Waals surface area contributed by atoms with Crippen LogP contribution in [0.25, 0.3) is 0 Å². The SMILES string of the molecule is CCN1CC2CC(C1)C2NC(=O)OC(C)(C)C. The van der Waals surface area contributed by atoms with Crippen molar-refractivity contribution in [3.8, 4) is 0 Å². The van der Waals surface area contributed by atoms with E-state index >= 15 is 0 Å². The highest BCUT2D eigenvalue weighted by Gasteiger charge is 2.47. The van der Waals surface area contributed by atoms with Gasteiger partial charge in [0.1, 0.15) is 5.60 Å². The Morgan fingerprint density at radius 1 is 1.35 bits per heavy atom. The molecule has 2 atom stereocenters. The zero-order valence-corrected chi connectivity index (χ0v) is 11.3. The molecule has 1 saturated carbocycles. The van der Waals surface area contributed by atoms with Gasteiger partial charge >= 0.3 is 6.09 Å². The Morgan fingerprint density at radius 3 is 2.41 bits per heavy atom. The molecule has 4 heteroatoms. The molecule has 2 unspecified atom stereocenters. The van der Waals surface area contributed by atoms with E-state index in [0.29, 0.717) is 17.9 Å². The number of amides is 1. The highest BCUT2D eigenvalue weighted by atomic mass is 16.6. The number of nitrogens with one attached hydrogen (secondary N) is 1. The molecule has 3 rings (SSSR count). The lowest BCUT2D eigenvalue weighted by atomic mass is 9.66. The monoisotopic (exact) mass is 240 g/mol. The summed E-state index contributed by atoms with van der Waals surface area (Å²) in [7, 11) is 0. The zero-order valence-electron chi connectivity index (χ0n) is 11.3. The molecular weight excluding hydrogens is 216 g/mol. The summed E-state index contributed by atoms with van der Waals surface area (Å²) in [6.45, 7) is 11.2. The smallest absolute Gasteiger partial charge is 0.407 e. The third-order valence-corrected chi connectivity index (χ3v) is 3.74. The number of nitrogens with zero attached hydrogens (tertiary/aromatic N) is 1. The number of piperidine rings is 2. The van der Waals surface area contributed by atoms with Crippen LogP contribution < -0.4 is 5.32 Å². The van der Waals surface area contributed by atoms with Crippen molar-refractivity contribution in [3.05, 3.63) is 0 Å². The van der Waals surface area contributed by atoms with Crippen LogP contribution in [0.2, 0.25) is 0 Å². The van der Waals surface area contributed by atoms with Crippen LogP contribution in [-0.4, -0.2) is 42.3 Å². The minimum absolute atomic E-state index is 0.262. The molecule has 1 aliphatic carbocycles. The van der Waals surface area contributed by atoms with Gasteiger partial charge in [0.15, 0.2) is 0 Å². The fraction of sp³-hybridized carbons (Fsp3) is 0.923. The van der Waals surface area contributed by atoms with Crippen molar-refractivity contribution >= 4 is 6.09 Å². The number of rotatable bonds is 2. The van der Waals surface area contributed by atoms with E-state index in [1.165, 1.54) is 6.42 Å². The first-order valence-corrected chi connectivity index (χ1v) is 6.61. The molecule has 2 saturated heterocycles. The van der Waals surface area contributed by atoms with Crippen molar-refractivity contribution in [3.63, 3.8) is 0 Å². The molecule has 2 aliphatic heterocycles. The molecule has 98 valence electrons. The van der Waals surface area contributed by atoms with Crippen LogP contribution in [0.3, 0.4) is 0 Å². The molecule has 17 heavy (non-hydrogen) atoms. The summed E-state index contributed by atoms with van der Waals surface area (Å²) >= 11 is 0. The quantitative estimate of drug-likeness (QED) is 0.801. The van der Waals surface area contributed by atoms with E-state index in [0.717, 1.165) is 19.6 Å². The summed E-state index contributed by atoms with van der Waals surface area (Å²) in [6, 6.07) is 0.340. The first-order valence-electron chi connectivity index (χ1n) is 6.61. The average Bonchev–Trinajstić information content (AvgIpc) is 2.23. The first-order chi connectivity index (χ1) is 7.89. The van der Waals surface area contributed by atoms with Gasteiger partial charge in [-0.3, -0.25) is 0 Å². The minimum atomic E-state index is -0.404. The van der Waals surface area contributed by atoms with Crippen molar-refractivity contribution in [2.75, 3.05) is 19.6 Å². The number of fused-ring (bicyclic) bond motifs is 2. The Hall–Kier alpha value is -0.770. The molecule has 0 aromatic carbocycles. The van der Waals surface area contributed by atoms with Crippen LogP contribution in [0.1, 0.15) is 34.1 Å². The van der Waals surface area contributed by atoms with Gasteiger partial charge in [0.2, 0.25) is 0 Å². The van der Waals surface area contributed by atoms with Crippen molar-refractivity contribution < 1.29 is 9.53 Å². The molecule has 0 aromatic heterocycles. The van der Waals surface area contributed by atoms with E-state index in [-0.39, 0.29) is 6.09 Å². The Bertz CT molecular complexity index is 286. The van der Waals surface area contributed by atoms with Crippen LogP contribution >= 0.6 is 0 Å². The van der Waals surface area contributed by atoms with Gasteiger partial charge in [0.25, 0.3) is 0 Å². The lowest BCUT2D eigenvalue weighted by Crippen LogP contribution is -2.64. The Balaban J connectivity index is 1.81. The van der Waals surface area contributed by atoms with Gasteiger partial charge in [-0.25, -0.2) is 4.79 Å². The Kier molecular flexibility index (Phi) is 3.34. The normalized spacial score (nSPS) is 32.8. The molecule has 2 bridgehead atoms. The van der Waals surface area contributed by atoms with Crippen LogP contribution in [0.15, 0.2) is 0 Å². The highest BCUT2D eigenvalue weighted by molar-refractivity contribution is 5.68. The predicted octanol–water partition coefficient (Wildman–Crippen LogP) is 1.85. The largest absolute Gasteiger partial charge is 0.444 e. The van der Waals surface area contributed by atoms with Gasteiger partial charge in [0, 0.05) is 19.1 Å². The molecular formula is C13H24N2O2. The molecule has 3 fully saturated rings. The number of alkyl carbamates (subject to hydrolysis) is 1. The highest BCUT2D eigenvalue weighted by Crippen LogP contribution is 2.39. The Morgan fingerprint density at radius 2 is 1.94 bits per heavy atom. The van der Waals surface area contributed by atoms with Crippen molar-refractivity contribution in [2.45, 2.75) is 45.8 Å². The van der Waals surface area contributed by atoms with Gasteiger partial charge in [-0.1, -0.05) is 6.92 Å². The maximum Gasteiger partial charge on any atom is 0.407 e. The molecule has 2 heterocycles. The third-order valence-electron chi connectivity index (χ3n) is 3.74. The molecule has 3 aliphatic rings. The molecule has 1 N–H and O–H groups in total. The number of ether oxygens (including phenoxy) is 1. The molecule has 4 nitrogen and oxygen atoms in total. The van der Waals surface area contributed by atoms with Gasteiger partial charge in [-0.05, 0) is 45.6 Å². The van der Waals surface area contributed by atoms with Crippen LogP contribution in [0.4, 0.5) is 4.79 Å². The second kappa shape index (κ2) is 4.48. The van der Waals surface area contributed by atoms with E-state index in [4.69, 9.17) is 4.74 Å².